The fraction of sp³-hybridized carbons (Fsp3) is 0.636. The van der Waals surface area contributed by atoms with Crippen LogP contribution in [0.2, 0.25) is 0 Å². The van der Waals surface area contributed by atoms with Crippen LogP contribution in [0.4, 0.5) is 8.78 Å². The van der Waals surface area contributed by atoms with E-state index in [-0.39, 0.29) is 18.0 Å². The summed E-state index contributed by atoms with van der Waals surface area (Å²) in [6.07, 6.45) is -2.55. The molecule has 20 heavy (non-hydrogen) atoms. The van der Waals surface area contributed by atoms with Crippen molar-refractivity contribution in [3.63, 3.8) is 0 Å². The number of nitrogens with one attached hydrogen (secondary N) is 2. The molecular weight excluding hydrogens is 310 g/mol. The van der Waals surface area contributed by atoms with Gasteiger partial charge in [-0.2, -0.15) is 0 Å². The molecule has 0 atom stereocenters. The van der Waals surface area contributed by atoms with Crippen LogP contribution >= 0.6 is 11.3 Å². The van der Waals surface area contributed by atoms with Gasteiger partial charge >= 0.3 is 0 Å². The van der Waals surface area contributed by atoms with E-state index in [1.54, 1.807) is 5.38 Å². The Bertz CT molecular complexity index is 492. The van der Waals surface area contributed by atoms with Gasteiger partial charge in [-0.15, -0.1) is 11.3 Å². The highest BCUT2D eigenvalue weighted by molar-refractivity contribution is 7.89. The summed E-state index contributed by atoms with van der Waals surface area (Å²) < 4.78 is 54.7. The highest BCUT2D eigenvalue weighted by Crippen LogP contribution is 2.21. The van der Waals surface area contributed by atoms with Crippen LogP contribution in [0.3, 0.4) is 0 Å². The van der Waals surface area contributed by atoms with Crippen LogP contribution in [0, 0.1) is 0 Å². The second-order valence-electron chi connectivity index (χ2n) is 3.85. The number of hydrogen-bond acceptors (Lipinski definition) is 5. The molecule has 1 aromatic heterocycles. The van der Waals surface area contributed by atoms with Crippen molar-refractivity contribution in [3.05, 3.63) is 16.3 Å². The summed E-state index contributed by atoms with van der Waals surface area (Å²) in [6, 6.07) is 1.53. The molecule has 2 N–H and O–H groups in total. The Labute approximate surface area is 121 Å². The first-order chi connectivity index (χ1) is 9.47. The van der Waals surface area contributed by atoms with E-state index >= 15 is 0 Å². The first-order valence-electron chi connectivity index (χ1n) is 6.10. The van der Waals surface area contributed by atoms with Gasteiger partial charge in [-0.25, -0.2) is 21.9 Å². The third-order valence-corrected chi connectivity index (χ3v) is 4.91. The Morgan fingerprint density at radius 3 is 2.85 bits per heavy atom. The Morgan fingerprint density at radius 1 is 1.45 bits per heavy atom. The Hall–Kier alpha value is -0.610. The molecule has 0 aliphatic carbocycles. The Balaban J connectivity index is 2.50. The first kappa shape index (κ1) is 17.4. The maximum atomic E-state index is 12.0. The quantitative estimate of drug-likeness (QED) is 0.638. The minimum Gasteiger partial charge on any atom is -0.374 e. The molecule has 1 heterocycles. The lowest BCUT2D eigenvalue weighted by atomic mass is 10.4. The van der Waals surface area contributed by atoms with Gasteiger partial charge in [0.05, 0.1) is 11.5 Å². The van der Waals surface area contributed by atoms with Gasteiger partial charge in [0.1, 0.15) is 6.61 Å². The maximum Gasteiger partial charge on any atom is 0.261 e. The first-order valence-corrected chi connectivity index (χ1v) is 8.46. The smallest absolute Gasteiger partial charge is 0.261 e. The van der Waals surface area contributed by atoms with E-state index in [9.17, 15) is 17.2 Å². The molecule has 0 amide bonds. The lowest BCUT2D eigenvalue weighted by Gasteiger charge is -2.08. The molecule has 9 heteroatoms. The molecule has 1 aromatic rings. The molecule has 0 aliphatic rings. The summed E-state index contributed by atoms with van der Waals surface area (Å²) in [5, 5.41) is 4.77. The second kappa shape index (κ2) is 8.63. The number of thiophene rings is 1. The minimum atomic E-state index is -3.63. The van der Waals surface area contributed by atoms with Gasteiger partial charge in [-0.1, -0.05) is 6.92 Å². The van der Waals surface area contributed by atoms with E-state index in [0.29, 0.717) is 11.4 Å². The lowest BCUT2D eigenvalue weighted by molar-refractivity contribution is 0.0199. The van der Waals surface area contributed by atoms with E-state index in [1.807, 2.05) is 6.92 Å². The number of sulfonamides is 1. The van der Waals surface area contributed by atoms with Gasteiger partial charge in [-0.3, -0.25) is 0 Å². The van der Waals surface area contributed by atoms with Gasteiger partial charge in [0.15, 0.2) is 0 Å². The van der Waals surface area contributed by atoms with Gasteiger partial charge in [-0.05, 0) is 18.0 Å². The monoisotopic (exact) mass is 328 g/mol. The van der Waals surface area contributed by atoms with Crippen molar-refractivity contribution >= 4 is 21.4 Å². The fourth-order valence-corrected chi connectivity index (χ4v) is 3.86. The lowest BCUT2D eigenvalue weighted by Crippen LogP contribution is -2.28. The summed E-state index contributed by atoms with van der Waals surface area (Å²) in [5.41, 5.74) is 0. The molecule has 0 bridgehead atoms. The van der Waals surface area contributed by atoms with Gasteiger partial charge in [0.25, 0.3) is 6.43 Å². The maximum absolute atomic E-state index is 12.0. The van der Waals surface area contributed by atoms with Gasteiger partial charge in [0, 0.05) is 18.0 Å². The average Bonchev–Trinajstić information content (AvgIpc) is 2.84. The van der Waals surface area contributed by atoms with Crippen LogP contribution in [-0.2, 0) is 21.3 Å². The normalized spacial score (nSPS) is 12.2. The highest BCUT2D eigenvalue weighted by Gasteiger charge is 2.18. The van der Waals surface area contributed by atoms with E-state index in [2.05, 4.69) is 14.8 Å². The topological polar surface area (TPSA) is 67.4 Å². The molecule has 0 saturated carbocycles. The van der Waals surface area contributed by atoms with Crippen molar-refractivity contribution in [3.8, 4) is 0 Å². The zero-order valence-electron chi connectivity index (χ0n) is 11.1. The Morgan fingerprint density at radius 2 is 2.20 bits per heavy atom. The molecule has 0 aromatic carbocycles. The zero-order chi connectivity index (χ0) is 15.0. The van der Waals surface area contributed by atoms with Crippen molar-refractivity contribution in [1.82, 2.24) is 10.0 Å². The summed E-state index contributed by atoms with van der Waals surface area (Å²) in [6.45, 7) is 2.34. The van der Waals surface area contributed by atoms with Crippen molar-refractivity contribution in [2.75, 3.05) is 26.3 Å². The summed E-state index contributed by atoms with van der Waals surface area (Å²) in [5.74, 6) is 0. The molecule has 5 nitrogen and oxygen atoms in total. The SMILES string of the molecule is CCNCc1sccc1S(=O)(=O)NCCOCC(F)F. The van der Waals surface area contributed by atoms with Crippen molar-refractivity contribution in [2.24, 2.45) is 0 Å². The number of hydrogen-bond donors (Lipinski definition) is 2. The van der Waals surface area contributed by atoms with Crippen molar-refractivity contribution < 1.29 is 21.9 Å². The van der Waals surface area contributed by atoms with Crippen LogP contribution in [0.25, 0.3) is 0 Å². The van der Waals surface area contributed by atoms with E-state index < -0.39 is 23.1 Å². The van der Waals surface area contributed by atoms with E-state index in [1.165, 1.54) is 17.4 Å². The second-order valence-corrected chi connectivity index (χ2v) is 6.59. The number of halogens is 2. The van der Waals surface area contributed by atoms with Crippen molar-refractivity contribution in [2.45, 2.75) is 24.8 Å². The van der Waals surface area contributed by atoms with Crippen LogP contribution in [0.15, 0.2) is 16.3 Å². The largest absolute Gasteiger partial charge is 0.374 e. The van der Waals surface area contributed by atoms with Crippen LogP contribution in [0.5, 0.6) is 0 Å². The van der Waals surface area contributed by atoms with Crippen LogP contribution in [-0.4, -0.2) is 41.1 Å². The van der Waals surface area contributed by atoms with Gasteiger partial charge < -0.3 is 10.1 Å². The predicted octanol–water partition coefficient (Wildman–Crippen LogP) is 1.42. The van der Waals surface area contributed by atoms with Gasteiger partial charge in [0.2, 0.25) is 10.0 Å². The minimum absolute atomic E-state index is 0.0362. The molecule has 0 radical (unpaired) electrons. The molecule has 0 spiro atoms. The van der Waals surface area contributed by atoms with Crippen LogP contribution < -0.4 is 10.0 Å². The summed E-state index contributed by atoms with van der Waals surface area (Å²) in [7, 11) is -3.63. The highest BCUT2D eigenvalue weighted by atomic mass is 32.2. The molecular formula is C11H18F2N2O3S2. The molecule has 0 fully saturated rings. The van der Waals surface area contributed by atoms with E-state index in [0.717, 1.165) is 6.54 Å². The third-order valence-electron chi connectivity index (χ3n) is 2.31. The fourth-order valence-electron chi connectivity index (χ4n) is 1.43. The molecule has 0 saturated heterocycles. The van der Waals surface area contributed by atoms with Crippen LogP contribution in [0.1, 0.15) is 11.8 Å². The molecule has 0 unspecified atom stereocenters. The average molecular weight is 328 g/mol. The summed E-state index contributed by atoms with van der Waals surface area (Å²) >= 11 is 1.35. The van der Waals surface area contributed by atoms with E-state index in [4.69, 9.17) is 0 Å². The standard InChI is InChI=1S/C11H18F2N2O3S2/c1-2-14-7-9-10(3-6-19-9)20(16,17)15-4-5-18-8-11(12)13/h3,6,11,14-15H,2,4-5,7-8H2,1H3. The number of ether oxygens (including phenoxy) is 1. The predicted molar refractivity (Wildman–Crippen MR) is 73.7 cm³/mol. The molecule has 0 aliphatic heterocycles. The number of rotatable bonds is 10. The van der Waals surface area contributed by atoms with Crippen molar-refractivity contribution in [1.29, 1.82) is 0 Å². The number of alkyl halides is 2. The summed E-state index contributed by atoms with van der Waals surface area (Å²) in [4.78, 5) is 0.935. The molecule has 116 valence electrons. The zero-order valence-corrected chi connectivity index (χ0v) is 12.7. The Kier molecular flexibility index (Phi) is 7.52. The molecule has 1 rings (SSSR count). The third kappa shape index (κ3) is 5.80.